The van der Waals surface area contributed by atoms with Crippen LogP contribution >= 0.6 is 22.9 Å². The van der Waals surface area contributed by atoms with Crippen molar-refractivity contribution in [2.45, 2.75) is 23.8 Å². The number of carbonyl (C=O) groups is 1. The molecule has 5 rings (SSSR count). The molecule has 3 heterocycles. The third-order valence-corrected chi connectivity index (χ3v) is 9.39. The van der Waals surface area contributed by atoms with Gasteiger partial charge >= 0.3 is 0 Å². The van der Waals surface area contributed by atoms with E-state index in [1.807, 2.05) is 24.3 Å². The molecule has 0 N–H and O–H groups in total. The van der Waals surface area contributed by atoms with E-state index in [2.05, 4.69) is 0 Å². The molecule has 32 heavy (non-hydrogen) atoms. The monoisotopic (exact) mass is 491 g/mol. The summed E-state index contributed by atoms with van der Waals surface area (Å²) in [6, 6.07) is 12.3. The Morgan fingerprint density at radius 1 is 1.12 bits per heavy atom. The van der Waals surface area contributed by atoms with E-state index in [1.54, 1.807) is 22.3 Å². The zero-order chi connectivity index (χ0) is 22.3. The van der Waals surface area contributed by atoms with Crippen molar-refractivity contribution in [3.05, 3.63) is 58.1 Å². The van der Waals surface area contributed by atoms with Gasteiger partial charge in [-0.3, -0.25) is 4.79 Å². The topological polar surface area (TPSA) is 79.8 Å². The highest BCUT2D eigenvalue weighted by Gasteiger charge is 2.34. The van der Waals surface area contributed by atoms with Crippen LogP contribution < -0.4 is 0 Å². The Morgan fingerprint density at radius 2 is 1.91 bits per heavy atom. The molecule has 3 aromatic rings. The molecule has 2 aliphatic rings. The van der Waals surface area contributed by atoms with Crippen molar-refractivity contribution in [1.29, 1.82) is 0 Å². The number of rotatable bonds is 4. The fourth-order valence-electron chi connectivity index (χ4n) is 4.23. The molecule has 2 aromatic carbocycles. The van der Waals surface area contributed by atoms with Crippen molar-refractivity contribution in [2.24, 2.45) is 0 Å². The number of likely N-dealkylation sites (tertiary alicyclic amines) is 1. The van der Waals surface area contributed by atoms with Crippen LogP contribution in [0.3, 0.4) is 0 Å². The van der Waals surface area contributed by atoms with Crippen LogP contribution in [-0.4, -0.2) is 61.4 Å². The highest BCUT2D eigenvalue weighted by Crippen LogP contribution is 2.37. The van der Waals surface area contributed by atoms with E-state index < -0.39 is 10.0 Å². The molecule has 2 saturated heterocycles. The number of hydrogen-bond acceptors (Lipinski definition) is 6. The summed E-state index contributed by atoms with van der Waals surface area (Å²) < 4.78 is 34.0. The zero-order valence-corrected chi connectivity index (χ0v) is 19.6. The largest absolute Gasteiger partial charge is 0.379 e. The maximum atomic E-state index is 13.4. The smallest absolute Gasteiger partial charge is 0.254 e. The summed E-state index contributed by atoms with van der Waals surface area (Å²) in [5.41, 5.74) is 1.24. The first-order valence-electron chi connectivity index (χ1n) is 10.5. The molecule has 1 aromatic heterocycles. The van der Waals surface area contributed by atoms with Gasteiger partial charge in [0.15, 0.2) is 0 Å². The number of sulfonamides is 1. The van der Waals surface area contributed by atoms with Gasteiger partial charge in [0.05, 0.1) is 34.5 Å². The van der Waals surface area contributed by atoms with Crippen LogP contribution in [0.25, 0.3) is 10.2 Å². The number of morpholine rings is 1. The van der Waals surface area contributed by atoms with Crippen molar-refractivity contribution in [2.75, 3.05) is 32.8 Å². The Balaban J connectivity index is 1.45. The van der Waals surface area contributed by atoms with Crippen LogP contribution in [0, 0.1) is 0 Å². The maximum Gasteiger partial charge on any atom is 0.254 e. The van der Waals surface area contributed by atoms with Gasteiger partial charge in [-0.1, -0.05) is 23.7 Å². The third kappa shape index (κ3) is 3.92. The molecular weight excluding hydrogens is 470 g/mol. The summed E-state index contributed by atoms with van der Waals surface area (Å²) in [4.78, 5) is 19.9. The van der Waals surface area contributed by atoms with Crippen LogP contribution in [0.4, 0.5) is 0 Å². The second kappa shape index (κ2) is 8.72. The third-order valence-electron chi connectivity index (χ3n) is 5.88. The molecule has 0 aliphatic carbocycles. The van der Waals surface area contributed by atoms with E-state index in [4.69, 9.17) is 21.3 Å². The zero-order valence-electron chi connectivity index (χ0n) is 17.2. The van der Waals surface area contributed by atoms with Crippen LogP contribution in [-0.2, 0) is 14.8 Å². The second-order valence-electron chi connectivity index (χ2n) is 7.84. The van der Waals surface area contributed by atoms with Crippen molar-refractivity contribution in [3.8, 4) is 0 Å². The number of halogens is 1. The number of fused-ring (bicyclic) bond motifs is 1. The first kappa shape index (κ1) is 21.8. The van der Waals surface area contributed by atoms with Crippen molar-refractivity contribution < 1.29 is 17.9 Å². The molecule has 2 fully saturated rings. The van der Waals surface area contributed by atoms with Crippen molar-refractivity contribution in [1.82, 2.24) is 14.2 Å². The summed E-state index contributed by atoms with van der Waals surface area (Å²) in [5, 5.41) is 1.02. The fourth-order valence-corrected chi connectivity index (χ4v) is 7.25. The fraction of sp³-hybridized carbons (Fsp3) is 0.364. The molecule has 0 saturated carbocycles. The van der Waals surface area contributed by atoms with E-state index in [9.17, 15) is 13.2 Å². The lowest BCUT2D eigenvalue weighted by Gasteiger charge is -2.27. The highest BCUT2D eigenvalue weighted by molar-refractivity contribution is 7.89. The Bertz CT molecular complexity index is 1240. The first-order valence-corrected chi connectivity index (χ1v) is 13.1. The standard InChI is InChI=1S/C22H22ClN3O4S2/c23-16-8-7-15(14-20(16)32(28,29)25-10-12-30-13-11-25)22(27)26-9-3-5-18(26)21-24-17-4-1-2-6-19(17)31-21/h1-2,4,6-8,14,18H,3,5,9-13H2. The predicted octanol–water partition coefficient (Wildman–Crippen LogP) is 3.95. The molecule has 10 heteroatoms. The minimum absolute atomic E-state index is 0.0392. The van der Waals surface area contributed by atoms with E-state index in [0.717, 1.165) is 28.1 Å². The molecule has 1 unspecified atom stereocenters. The minimum atomic E-state index is -3.81. The van der Waals surface area contributed by atoms with E-state index in [1.165, 1.54) is 16.4 Å². The number of carbonyl (C=O) groups excluding carboxylic acids is 1. The van der Waals surface area contributed by atoms with Gasteiger partial charge in [-0.25, -0.2) is 13.4 Å². The lowest BCUT2D eigenvalue weighted by Crippen LogP contribution is -2.40. The Morgan fingerprint density at radius 3 is 2.69 bits per heavy atom. The van der Waals surface area contributed by atoms with E-state index >= 15 is 0 Å². The number of aromatic nitrogens is 1. The van der Waals surface area contributed by atoms with Gasteiger partial charge in [0.1, 0.15) is 9.90 Å². The Hall–Kier alpha value is -2.04. The summed E-state index contributed by atoms with van der Waals surface area (Å²) in [6.45, 7) is 1.82. The average molecular weight is 492 g/mol. The SMILES string of the molecule is O=C(c1ccc(Cl)c(S(=O)(=O)N2CCOCC2)c1)N1CCCC1c1nc2ccccc2s1. The molecule has 168 valence electrons. The van der Waals surface area contributed by atoms with Crippen LogP contribution in [0.2, 0.25) is 5.02 Å². The molecule has 0 bridgehead atoms. The van der Waals surface area contributed by atoms with Crippen LogP contribution in [0.1, 0.15) is 34.2 Å². The predicted molar refractivity (Wildman–Crippen MR) is 124 cm³/mol. The normalized spacial score (nSPS) is 20.2. The quantitative estimate of drug-likeness (QED) is 0.552. The summed E-state index contributed by atoms with van der Waals surface area (Å²) >= 11 is 7.86. The molecule has 0 spiro atoms. The number of nitrogens with zero attached hydrogens (tertiary/aromatic N) is 3. The molecule has 2 aliphatic heterocycles. The van der Waals surface area contributed by atoms with Gasteiger partial charge in [0.25, 0.3) is 5.91 Å². The number of ether oxygens (including phenoxy) is 1. The molecule has 1 atom stereocenters. The van der Waals surface area contributed by atoms with Gasteiger partial charge in [-0.05, 0) is 43.2 Å². The van der Waals surface area contributed by atoms with Gasteiger partial charge in [-0.2, -0.15) is 4.31 Å². The summed E-state index contributed by atoms with van der Waals surface area (Å²) in [6.07, 6.45) is 1.71. The van der Waals surface area contributed by atoms with Crippen molar-refractivity contribution >= 4 is 49.1 Å². The number of benzene rings is 2. The van der Waals surface area contributed by atoms with Gasteiger partial charge in [0, 0.05) is 25.2 Å². The second-order valence-corrected chi connectivity index (χ2v) is 11.2. The van der Waals surface area contributed by atoms with E-state index in [-0.39, 0.29) is 35.0 Å². The number of hydrogen-bond donors (Lipinski definition) is 0. The molecule has 0 radical (unpaired) electrons. The number of thiazole rings is 1. The molecular formula is C22H22ClN3O4S2. The van der Waals surface area contributed by atoms with Gasteiger partial charge in [0.2, 0.25) is 10.0 Å². The lowest BCUT2D eigenvalue weighted by molar-refractivity contribution is 0.0727. The van der Waals surface area contributed by atoms with Crippen molar-refractivity contribution in [3.63, 3.8) is 0 Å². The molecule has 1 amide bonds. The van der Waals surface area contributed by atoms with Gasteiger partial charge < -0.3 is 9.64 Å². The van der Waals surface area contributed by atoms with Gasteiger partial charge in [-0.15, -0.1) is 11.3 Å². The summed E-state index contributed by atoms with van der Waals surface area (Å²) in [7, 11) is -3.81. The first-order chi connectivity index (χ1) is 15.4. The molecule has 7 nitrogen and oxygen atoms in total. The van der Waals surface area contributed by atoms with E-state index in [0.29, 0.717) is 25.3 Å². The number of para-hydroxylation sites is 1. The Kier molecular flexibility index (Phi) is 5.94. The highest BCUT2D eigenvalue weighted by atomic mass is 35.5. The van der Waals surface area contributed by atoms with Crippen LogP contribution in [0.15, 0.2) is 47.4 Å². The van der Waals surface area contributed by atoms with Crippen LogP contribution in [0.5, 0.6) is 0 Å². The lowest BCUT2D eigenvalue weighted by atomic mass is 10.1. The average Bonchev–Trinajstić information content (AvgIpc) is 3.46. The Labute approximate surface area is 195 Å². The minimum Gasteiger partial charge on any atom is -0.379 e. The summed E-state index contributed by atoms with van der Waals surface area (Å²) in [5.74, 6) is -0.207. The maximum absolute atomic E-state index is 13.4. The number of amides is 1.